The van der Waals surface area contributed by atoms with Gasteiger partial charge in [-0.05, 0) is 37.3 Å². The van der Waals surface area contributed by atoms with E-state index in [0.717, 1.165) is 9.54 Å². The van der Waals surface area contributed by atoms with Gasteiger partial charge in [0, 0.05) is 25.7 Å². The standard InChI is InChI=1S/C21H17Cl2N3O3S/c1-13-4-6-16(7-5-13)30(28,29)26-19-10-18(23)17(22)8-14(19)9-20(26)21(27)15(11-24)12-25(2)3/h4-10,12H,1-3H3/b15-12+. The molecule has 0 fully saturated rings. The third-order valence-corrected chi connectivity index (χ3v) is 6.81. The summed E-state index contributed by atoms with van der Waals surface area (Å²) in [4.78, 5) is 14.7. The minimum Gasteiger partial charge on any atom is -0.382 e. The van der Waals surface area contributed by atoms with E-state index < -0.39 is 15.8 Å². The lowest BCUT2D eigenvalue weighted by Crippen LogP contribution is -2.20. The summed E-state index contributed by atoms with van der Waals surface area (Å²) in [6, 6.07) is 12.4. The molecule has 3 rings (SSSR count). The molecule has 1 heterocycles. The maximum atomic E-state index is 13.5. The highest BCUT2D eigenvalue weighted by molar-refractivity contribution is 7.90. The number of allylic oxidation sites excluding steroid dienone is 1. The van der Waals surface area contributed by atoms with Crippen LogP contribution in [0.2, 0.25) is 10.0 Å². The molecular formula is C21H17Cl2N3O3S. The Labute approximate surface area is 184 Å². The molecule has 0 saturated heterocycles. The summed E-state index contributed by atoms with van der Waals surface area (Å²) in [5.74, 6) is -0.731. The van der Waals surface area contributed by atoms with Crippen LogP contribution in [0.4, 0.5) is 0 Å². The van der Waals surface area contributed by atoms with Gasteiger partial charge in [-0.3, -0.25) is 4.79 Å². The lowest BCUT2D eigenvalue weighted by molar-refractivity contribution is 0.103. The molecule has 3 aromatic rings. The van der Waals surface area contributed by atoms with E-state index in [-0.39, 0.29) is 31.7 Å². The van der Waals surface area contributed by atoms with Gasteiger partial charge in [-0.2, -0.15) is 5.26 Å². The number of rotatable bonds is 5. The highest BCUT2D eigenvalue weighted by atomic mass is 35.5. The normalized spacial score (nSPS) is 12.1. The molecule has 0 saturated carbocycles. The smallest absolute Gasteiger partial charge is 0.268 e. The number of fused-ring (bicyclic) bond motifs is 1. The Balaban J connectivity index is 2.38. The SMILES string of the molecule is Cc1ccc(S(=O)(=O)n2c(C(=O)/C(C#N)=C/N(C)C)cc3cc(Cl)c(Cl)cc32)cc1. The minimum absolute atomic E-state index is 0.000759. The summed E-state index contributed by atoms with van der Waals surface area (Å²) in [7, 11) is -0.860. The van der Waals surface area contributed by atoms with Crippen molar-refractivity contribution in [3.63, 3.8) is 0 Å². The largest absolute Gasteiger partial charge is 0.382 e. The first kappa shape index (κ1) is 21.9. The van der Waals surface area contributed by atoms with Crippen LogP contribution < -0.4 is 0 Å². The lowest BCUT2D eigenvalue weighted by atomic mass is 10.1. The second-order valence-electron chi connectivity index (χ2n) is 6.88. The number of nitrogens with zero attached hydrogens (tertiary/aromatic N) is 3. The first-order chi connectivity index (χ1) is 14.1. The highest BCUT2D eigenvalue weighted by Crippen LogP contribution is 2.33. The van der Waals surface area contributed by atoms with Gasteiger partial charge in [0.15, 0.2) is 0 Å². The molecule has 154 valence electrons. The molecule has 0 radical (unpaired) electrons. The maximum Gasteiger partial charge on any atom is 0.268 e. The first-order valence-corrected chi connectivity index (χ1v) is 10.9. The van der Waals surface area contributed by atoms with Crippen LogP contribution in [0, 0.1) is 18.3 Å². The zero-order valence-electron chi connectivity index (χ0n) is 16.3. The van der Waals surface area contributed by atoms with Crippen molar-refractivity contribution < 1.29 is 13.2 Å². The Hall–Kier alpha value is -2.79. The Bertz CT molecular complexity index is 1330. The number of carbonyl (C=O) groups excluding carboxylic acids is 1. The van der Waals surface area contributed by atoms with Crippen molar-refractivity contribution in [1.29, 1.82) is 5.26 Å². The average Bonchev–Trinajstić information content (AvgIpc) is 3.05. The lowest BCUT2D eigenvalue weighted by Gasteiger charge is -2.12. The number of nitriles is 1. The van der Waals surface area contributed by atoms with E-state index in [1.165, 1.54) is 41.4 Å². The molecule has 30 heavy (non-hydrogen) atoms. The van der Waals surface area contributed by atoms with Crippen molar-refractivity contribution in [1.82, 2.24) is 8.87 Å². The highest BCUT2D eigenvalue weighted by Gasteiger charge is 2.28. The second-order valence-corrected chi connectivity index (χ2v) is 9.49. The predicted molar refractivity (Wildman–Crippen MR) is 117 cm³/mol. The van der Waals surface area contributed by atoms with E-state index in [1.54, 1.807) is 26.2 Å². The summed E-state index contributed by atoms with van der Waals surface area (Å²) in [5, 5.41) is 10.2. The van der Waals surface area contributed by atoms with Gasteiger partial charge in [0.05, 0.1) is 20.5 Å². The number of aryl methyl sites for hydroxylation is 1. The molecule has 0 atom stereocenters. The third kappa shape index (κ3) is 3.94. The fourth-order valence-electron chi connectivity index (χ4n) is 2.95. The van der Waals surface area contributed by atoms with Crippen LogP contribution in [0.15, 0.2) is 59.1 Å². The summed E-state index contributed by atoms with van der Waals surface area (Å²) in [5.41, 5.74) is 0.688. The van der Waals surface area contributed by atoms with Crippen molar-refractivity contribution in [2.75, 3.05) is 14.1 Å². The Morgan fingerprint density at radius 3 is 2.27 bits per heavy atom. The molecule has 0 amide bonds. The van der Waals surface area contributed by atoms with E-state index in [0.29, 0.717) is 5.39 Å². The molecule has 0 bridgehead atoms. The summed E-state index contributed by atoms with van der Waals surface area (Å²) in [6.45, 7) is 1.84. The minimum atomic E-state index is -4.17. The monoisotopic (exact) mass is 461 g/mol. The molecule has 9 heteroatoms. The molecule has 0 spiro atoms. The Morgan fingerprint density at radius 2 is 1.70 bits per heavy atom. The number of aromatic nitrogens is 1. The zero-order valence-corrected chi connectivity index (χ0v) is 18.7. The Kier molecular flexibility index (Phi) is 5.95. The number of Topliss-reactive ketones (excluding diaryl/α,β-unsaturated/α-hetero) is 1. The number of carbonyl (C=O) groups is 1. The molecule has 0 unspecified atom stereocenters. The average molecular weight is 462 g/mol. The van der Waals surface area contributed by atoms with E-state index in [4.69, 9.17) is 23.2 Å². The van der Waals surface area contributed by atoms with Crippen LogP contribution in [-0.4, -0.2) is 37.2 Å². The van der Waals surface area contributed by atoms with Crippen LogP contribution in [0.1, 0.15) is 16.1 Å². The van der Waals surface area contributed by atoms with Gasteiger partial charge in [-0.25, -0.2) is 12.4 Å². The van der Waals surface area contributed by atoms with Crippen molar-refractivity contribution in [3.8, 4) is 6.07 Å². The number of halogens is 2. The topological polar surface area (TPSA) is 83.2 Å². The quantitative estimate of drug-likeness (QED) is 0.313. The summed E-state index contributed by atoms with van der Waals surface area (Å²) < 4.78 is 27.9. The first-order valence-electron chi connectivity index (χ1n) is 8.72. The molecule has 0 aliphatic rings. The van der Waals surface area contributed by atoms with Crippen LogP contribution in [0.5, 0.6) is 0 Å². The molecule has 6 nitrogen and oxygen atoms in total. The molecular weight excluding hydrogens is 445 g/mol. The summed E-state index contributed by atoms with van der Waals surface area (Å²) in [6.07, 6.45) is 1.34. The van der Waals surface area contributed by atoms with Crippen molar-refractivity contribution in [2.24, 2.45) is 0 Å². The molecule has 0 aliphatic carbocycles. The molecule has 0 aliphatic heterocycles. The second kappa shape index (κ2) is 8.15. The van der Waals surface area contributed by atoms with Gasteiger partial charge in [-0.1, -0.05) is 40.9 Å². The van der Waals surface area contributed by atoms with Gasteiger partial charge < -0.3 is 4.90 Å². The van der Waals surface area contributed by atoms with Gasteiger partial charge in [-0.15, -0.1) is 0 Å². The van der Waals surface area contributed by atoms with Crippen LogP contribution in [0.3, 0.4) is 0 Å². The van der Waals surface area contributed by atoms with Crippen molar-refractivity contribution >= 4 is 49.9 Å². The van der Waals surface area contributed by atoms with Crippen LogP contribution in [-0.2, 0) is 10.0 Å². The predicted octanol–water partition coefficient (Wildman–Crippen LogP) is 4.65. The molecule has 1 aromatic heterocycles. The number of hydrogen-bond acceptors (Lipinski definition) is 5. The van der Waals surface area contributed by atoms with E-state index in [1.807, 2.05) is 13.0 Å². The molecule has 2 aromatic carbocycles. The Morgan fingerprint density at radius 1 is 1.10 bits per heavy atom. The zero-order chi connectivity index (χ0) is 22.2. The van der Waals surface area contributed by atoms with E-state index in [9.17, 15) is 18.5 Å². The van der Waals surface area contributed by atoms with Crippen LogP contribution >= 0.6 is 23.2 Å². The van der Waals surface area contributed by atoms with Crippen LogP contribution in [0.25, 0.3) is 10.9 Å². The van der Waals surface area contributed by atoms with Crippen molar-refractivity contribution in [2.45, 2.75) is 11.8 Å². The van der Waals surface area contributed by atoms with E-state index >= 15 is 0 Å². The third-order valence-electron chi connectivity index (χ3n) is 4.34. The molecule has 0 N–H and O–H groups in total. The van der Waals surface area contributed by atoms with E-state index in [2.05, 4.69) is 0 Å². The fraction of sp³-hybridized carbons (Fsp3) is 0.143. The fourth-order valence-corrected chi connectivity index (χ4v) is 4.78. The van der Waals surface area contributed by atoms with Gasteiger partial charge in [0.1, 0.15) is 17.3 Å². The summed E-state index contributed by atoms with van der Waals surface area (Å²) >= 11 is 12.2. The van der Waals surface area contributed by atoms with Crippen molar-refractivity contribution in [3.05, 3.63) is 75.5 Å². The van der Waals surface area contributed by atoms with Gasteiger partial charge in [0.25, 0.3) is 10.0 Å². The maximum absolute atomic E-state index is 13.5. The number of ketones is 1. The number of hydrogen-bond donors (Lipinski definition) is 0. The number of benzene rings is 2. The van der Waals surface area contributed by atoms with Gasteiger partial charge >= 0.3 is 0 Å². The van der Waals surface area contributed by atoms with Gasteiger partial charge in [0.2, 0.25) is 5.78 Å².